The number of aryl methyl sites for hydroxylation is 1. The number of ether oxygens (including phenoxy) is 2. The lowest BCUT2D eigenvalue weighted by Crippen LogP contribution is -2.54. The van der Waals surface area contributed by atoms with Crippen LogP contribution in [0.2, 0.25) is 5.02 Å². The normalized spacial score (nSPS) is 14.7. The van der Waals surface area contributed by atoms with Gasteiger partial charge in [0, 0.05) is 13.1 Å². The molecule has 3 aromatic carbocycles. The molecule has 0 radical (unpaired) electrons. The molecule has 1 N–H and O–H groups in total. The number of carbonyl (C=O) groups is 3. The molecule has 4 rings (SSSR count). The van der Waals surface area contributed by atoms with Crippen molar-refractivity contribution in [2.24, 2.45) is 0 Å². The smallest absolute Gasteiger partial charge is 0.335 e. The Morgan fingerprint density at radius 3 is 2.41 bits per heavy atom. The van der Waals surface area contributed by atoms with Gasteiger partial charge in [0.1, 0.15) is 12.2 Å². The topological polar surface area (TPSA) is 84.9 Å². The number of rotatable bonds is 7. The molecule has 0 bridgehead atoms. The van der Waals surface area contributed by atoms with E-state index in [0.717, 1.165) is 19.6 Å². The van der Waals surface area contributed by atoms with Crippen molar-refractivity contribution in [3.8, 4) is 11.5 Å². The minimum atomic E-state index is -0.847. The Kier molecular flexibility index (Phi) is 8.56. The van der Waals surface area contributed by atoms with Crippen LogP contribution in [0.4, 0.5) is 10.5 Å². The molecule has 1 heterocycles. The van der Waals surface area contributed by atoms with Crippen molar-refractivity contribution in [2.45, 2.75) is 20.5 Å². The molecule has 3 aromatic rings. The number of anilines is 1. The van der Waals surface area contributed by atoms with Crippen molar-refractivity contribution >= 4 is 79.7 Å². The predicted octanol–water partition coefficient (Wildman–Crippen LogP) is 6.66. The Morgan fingerprint density at radius 1 is 1.03 bits per heavy atom. The van der Waals surface area contributed by atoms with E-state index in [1.807, 2.05) is 31.2 Å². The van der Waals surface area contributed by atoms with Gasteiger partial charge in [-0.05, 0) is 95.6 Å². The number of urea groups is 1. The Bertz CT molecular complexity index is 1430. The van der Waals surface area contributed by atoms with E-state index in [-0.39, 0.29) is 11.3 Å². The molecule has 0 saturated carbocycles. The minimum Gasteiger partial charge on any atom is -0.490 e. The highest BCUT2D eigenvalue weighted by Crippen LogP contribution is 2.36. The Morgan fingerprint density at radius 2 is 1.73 bits per heavy atom. The van der Waals surface area contributed by atoms with Gasteiger partial charge in [0.25, 0.3) is 11.8 Å². The molecule has 4 amide bonds. The highest BCUT2D eigenvalue weighted by molar-refractivity contribution is 14.1. The van der Waals surface area contributed by atoms with E-state index in [1.165, 1.54) is 12.1 Å². The average Bonchev–Trinajstić information content (AvgIpc) is 2.85. The first kappa shape index (κ1) is 27.2. The molecule has 1 aliphatic heterocycles. The summed E-state index contributed by atoms with van der Waals surface area (Å²) < 4.78 is 13.5. The van der Waals surface area contributed by atoms with Crippen LogP contribution in [0.5, 0.6) is 11.5 Å². The van der Waals surface area contributed by atoms with Crippen LogP contribution in [-0.2, 0) is 16.2 Å². The maximum atomic E-state index is 13.3. The molecule has 0 atom stereocenters. The third kappa shape index (κ3) is 6.16. The summed E-state index contributed by atoms with van der Waals surface area (Å²) in [6, 6.07) is 15.3. The summed E-state index contributed by atoms with van der Waals surface area (Å²) in [6.07, 6.45) is 1.41. The summed E-state index contributed by atoms with van der Waals surface area (Å²) >= 11 is 11.9. The van der Waals surface area contributed by atoms with Crippen molar-refractivity contribution < 1.29 is 23.9 Å². The molecular formula is C27H21BrClIN2O5. The highest BCUT2D eigenvalue weighted by Gasteiger charge is 2.37. The maximum absolute atomic E-state index is 13.3. The van der Waals surface area contributed by atoms with Crippen LogP contribution in [-0.4, -0.2) is 24.5 Å². The van der Waals surface area contributed by atoms with Gasteiger partial charge < -0.3 is 9.47 Å². The van der Waals surface area contributed by atoms with Gasteiger partial charge in [-0.3, -0.25) is 14.9 Å². The van der Waals surface area contributed by atoms with Crippen LogP contribution in [0.25, 0.3) is 6.08 Å². The fourth-order valence-electron chi connectivity index (χ4n) is 3.55. The van der Waals surface area contributed by atoms with Crippen LogP contribution in [0, 0.1) is 10.5 Å². The lowest BCUT2D eigenvalue weighted by molar-refractivity contribution is -0.122. The number of halogens is 3. The summed E-state index contributed by atoms with van der Waals surface area (Å²) in [5.74, 6) is -0.615. The van der Waals surface area contributed by atoms with Crippen LogP contribution in [0.15, 0.2) is 64.6 Å². The third-order valence-corrected chi connectivity index (χ3v) is 7.30. The summed E-state index contributed by atoms with van der Waals surface area (Å²) in [5, 5.41) is 2.61. The summed E-state index contributed by atoms with van der Waals surface area (Å²) in [4.78, 5) is 39.3. The van der Waals surface area contributed by atoms with Gasteiger partial charge >= 0.3 is 6.03 Å². The second-order valence-corrected chi connectivity index (χ2v) is 10.6. The zero-order valence-corrected chi connectivity index (χ0v) is 24.3. The van der Waals surface area contributed by atoms with E-state index < -0.39 is 17.8 Å². The Hall–Kier alpha value is -2.89. The lowest BCUT2D eigenvalue weighted by atomic mass is 10.1. The number of carbonyl (C=O) groups excluding carboxylic acids is 3. The quantitative estimate of drug-likeness (QED) is 0.170. The van der Waals surface area contributed by atoms with Crippen LogP contribution in [0.1, 0.15) is 23.6 Å². The molecule has 1 fully saturated rings. The molecule has 0 aromatic heterocycles. The number of nitrogens with zero attached hydrogens (tertiary/aromatic N) is 1. The van der Waals surface area contributed by atoms with Crippen molar-refractivity contribution in [1.82, 2.24) is 5.32 Å². The summed E-state index contributed by atoms with van der Waals surface area (Å²) in [5.41, 5.74) is 2.33. The van der Waals surface area contributed by atoms with Gasteiger partial charge in [-0.15, -0.1) is 0 Å². The van der Waals surface area contributed by atoms with Crippen LogP contribution < -0.4 is 19.7 Å². The van der Waals surface area contributed by atoms with Crippen LogP contribution >= 0.6 is 50.1 Å². The predicted molar refractivity (Wildman–Crippen MR) is 154 cm³/mol. The van der Waals surface area contributed by atoms with Gasteiger partial charge in [0.2, 0.25) is 0 Å². The third-order valence-electron chi connectivity index (χ3n) is 5.49. The molecule has 37 heavy (non-hydrogen) atoms. The second kappa shape index (κ2) is 11.7. The first-order valence-corrected chi connectivity index (χ1v) is 13.4. The van der Waals surface area contributed by atoms with Crippen molar-refractivity contribution in [2.75, 3.05) is 11.5 Å². The van der Waals surface area contributed by atoms with Gasteiger partial charge in [-0.1, -0.05) is 45.7 Å². The number of amides is 4. The van der Waals surface area contributed by atoms with E-state index in [9.17, 15) is 14.4 Å². The van der Waals surface area contributed by atoms with Gasteiger partial charge in [0.05, 0.1) is 12.3 Å². The Labute approximate surface area is 241 Å². The number of barbiturate groups is 1. The minimum absolute atomic E-state index is 0.216. The molecule has 0 aliphatic carbocycles. The molecule has 1 aliphatic rings. The average molecular weight is 696 g/mol. The molecule has 0 unspecified atom stereocenters. The zero-order chi connectivity index (χ0) is 26.7. The van der Waals surface area contributed by atoms with Gasteiger partial charge in [-0.2, -0.15) is 0 Å². The lowest BCUT2D eigenvalue weighted by Gasteiger charge is -2.26. The first-order chi connectivity index (χ1) is 17.7. The van der Waals surface area contributed by atoms with E-state index in [4.69, 9.17) is 21.1 Å². The van der Waals surface area contributed by atoms with E-state index in [1.54, 1.807) is 31.2 Å². The van der Waals surface area contributed by atoms with Crippen LogP contribution in [0.3, 0.4) is 0 Å². The maximum Gasteiger partial charge on any atom is 0.335 e. The number of imide groups is 2. The number of hydrogen-bond donors (Lipinski definition) is 1. The number of nitrogens with one attached hydrogen (secondary N) is 1. The zero-order valence-electron chi connectivity index (χ0n) is 19.8. The molecule has 10 heteroatoms. The van der Waals surface area contributed by atoms with E-state index >= 15 is 0 Å². The summed E-state index contributed by atoms with van der Waals surface area (Å²) in [7, 11) is 0. The SMILES string of the molecule is CCOc1cc(/C=C2/C(=O)NC(=O)N(c3ccc(C)c(Cl)c3)C2=O)c(Br)cc1OCc1ccc(I)cc1. The van der Waals surface area contributed by atoms with Gasteiger partial charge in [-0.25, -0.2) is 9.69 Å². The van der Waals surface area contributed by atoms with E-state index in [0.29, 0.717) is 39.8 Å². The highest BCUT2D eigenvalue weighted by atomic mass is 127. The second-order valence-electron chi connectivity index (χ2n) is 8.06. The first-order valence-electron chi connectivity index (χ1n) is 11.2. The largest absolute Gasteiger partial charge is 0.490 e. The number of benzene rings is 3. The molecular weight excluding hydrogens is 675 g/mol. The molecule has 7 nitrogen and oxygen atoms in total. The summed E-state index contributed by atoms with van der Waals surface area (Å²) in [6.45, 7) is 4.37. The molecule has 0 spiro atoms. The van der Waals surface area contributed by atoms with E-state index in [2.05, 4.69) is 43.8 Å². The standard InChI is InChI=1S/C27H21BrClIN2O5/c1-3-36-23-11-17(21(28)13-24(23)37-14-16-5-7-18(30)8-6-16)10-20-25(33)31-27(35)32(26(20)34)19-9-4-15(2)22(29)12-19/h4-13H,3,14H2,1-2H3,(H,31,33,35)/b20-10-. The fraction of sp³-hybridized carbons (Fsp3) is 0.148. The van der Waals surface area contributed by atoms with Crippen molar-refractivity contribution in [3.63, 3.8) is 0 Å². The van der Waals surface area contributed by atoms with Crippen molar-refractivity contribution in [1.29, 1.82) is 0 Å². The monoisotopic (exact) mass is 694 g/mol. The Balaban J connectivity index is 1.66. The number of hydrogen-bond acceptors (Lipinski definition) is 5. The van der Waals surface area contributed by atoms with Crippen molar-refractivity contribution in [3.05, 3.63) is 89.9 Å². The fourth-order valence-corrected chi connectivity index (χ4v) is 4.52. The van der Waals surface area contributed by atoms with Gasteiger partial charge in [0.15, 0.2) is 11.5 Å². The molecule has 1 saturated heterocycles. The molecule has 190 valence electrons.